The minimum atomic E-state index is -0.474. The highest BCUT2D eigenvalue weighted by Gasteiger charge is 2.11. The molecule has 3 nitrogen and oxygen atoms in total. The van der Waals surface area contributed by atoms with E-state index in [0.717, 1.165) is 24.0 Å². The summed E-state index contributed by atoms with van der Waals surface area (Å²) in [5, 5.41) is 0. The highest BCUT2D eigenvalue weighted by molar-refractivity contribution is 5.59. The van der Waals surface area contributed by atoms with Crippen LogP contribution in [-0.2, 0) is 6.42 Å². The number of hydrogen-bond donors (Lipinski definition) is 2. The standard InChI is InChI=1S/C13H15F2N3/c1-8(6-16)4-13-17-7-12(18-13)10-5-9(14)2-3-11(10)15/h2-3,5,7-8H,4,6,16H2,1H3,(H,17,18). The Hall–Kier alpha value is -1.75. The summed E-state index contributed by atoms with van der Waals surface area (Å²) >= 11 is 0. The van der Waals surface area contributed by atoms with Gasteiger partial charge < -0.3 is 10.7 Å². The monoisotopic (exact) mass is 251 g/mol. The minimum absolute atomic E-state index is 0.189. The Bertz CT molecular complexity index is 537. The molecular formula is C13H15F2N3. The van der Waals surface area contributed by atoms with Gasteiger partial charge in [-0.1, -0.05) is 6.92 Å². The number of nitrogens with two attached hydrogens (primary N) is 1. The van der Waals surface area contributed by atoms with E-state index in [2.05, 4.69) is 9.97 Å². The van der Waals surface area contributed by atoms with Crippen LogP contribution in [0.1, 0.15) is 12.7 Å². The Morgan fingerprint density at radius 1 is 1.39 bits per heavy atom. The van der Waals surface area contributed by atoms with Gasteiger partial charge in [-0.3, -0.25) is 0 Å². The molecule has 96 valence electrons. The van der Waals surface area contributed by atoms with Gasteiger partial charge in [0.25, 0.3) is 0 Å². The van der Waals surface area contributed by atoms with E-state index in [1.165, 1.54) is 6.20 Å². The maximum Gasteiger partial charge on any atom is 0.132 e. The van der Waals surface area contributed by atoms with Gasteiger partial charge in [-0.05, 0) is 30.7 Å². The summed E-state index contributed by atoms with van der Waals surface area (Å²) in [5.41, 5.74) is 6.20. The zero-order valence-corrected chi connectivity index (χ0v) is 10.1. The predicted molar refractivity (Wildman–Crippen MR) is 65.9 cm³/mol. The van der Waals surface area contributed by atoms with Crippen molar-refractivity contribution in [3.05, 3.63) is 41.9 Å². The van der Waals surface area contributed by atoms with Crippen molar-refractivity contribution in [2.24, 2.45) is 11.7 Å². The summed E-state index contributed by atoms with van der Waals surface area (Å²) in [7, 11) is 0. The van der Waals surface area contributed by atoms with Crippen molar-refractivity contribution >= 4 is 0 Å². The van der Waals surface area contributed by atoms with Crippen molar-refractivity contribution in [1.29, 1.82) is 0 Å². The number of aromatic amines is 1. The molecule has 2 aromatic rings. The molecule has 1 unspecified atom stereocenters. The van der Waals surface area contributed by atoms with Crippen LogP contribution in [-0.4, -0.2) is 16.5 Å². The van der Waals surface area contributed by atoms with Gasteiger partial charge in [0.2, 0.25) is 0 Å². The minimum Gasteiger partial charge on any atom is -0.342 e. The highest BCUT2D eigenvalue weighted by Crippen LogP contribution is 2.22. The lowest BCUT2D eigenvalue weighted by Crippen LogP contribution is -2.13. The van der Waals surface area contributed by atoms with E-state index >= 15 is 0 Å². The zero-order valence-electron chi connectivity index (χ0n) is 10.1. The first-order valence-corrected chi connectivity index (χ1v) is 5.79. The lowest BCUT2D eigenvalue weighted by molar-refractivity contribution is 0.577. The number of halogens is 2. The summed E-state index contributed by atoms with van der Waals surface area (Å²) in [6, 6.07) is 3.35. The molecule has 0 spiro atoms. The van der Waals surface area contributed by atoms with Gasteiger partial charge in [0.1, 0.15) is 17.5 Å². The van der Waals surface area contributed by atoms with E-state index in [1.807, 2.05) is 6.92 Å². The van der Waals surface area contributed by atoms with Crippen LogP contribution in [0, 0.1) is 17.6 Å². The van der Waals surface area contributed by atoms with Crippen LogP contribution in [0.4, 0.5) is 8.78 Å². The largest absolute Gasteiger partial charge is 0.342 e. The molecule has 0 aliphatic heterocycles. The molecule has 1 atom stereocenters. The summed E-state index contributed by atoms with van der Waals surface area (Å²) in [5.74, 6) is 0.0734. The van der Waals surface area contributed by atoms with E-state index in [1.54, 1.807) is 0 Å². The average Bonchev–Trinajstić information content (AvgIpc) is 2.80. The molecule has 1 aromatic heterocycles. The van der Waals surface area contributed by atoms with Crippen LogP contribution < -0.4 is 5.73 Å². The summed E-state index contributed by atoms with van der Waals surface area (Å²) in [6.45, 7) is 2.56. The molecule has 0 radical (unpaired) electrons. The smallest absolute Gasteiger partial charge is 0.132 e. The predicted octanol–water partition coefficient (Wildman–Crippen LogP) is 2.49. The Morgan fingerprint density at radius 3 is 2.89 bits per heavy atom. The Morgan fingerprint density at radius 2 is 2.17 bits per heavy atom. The Balaban J connectivity index is 2.26. The van der Waals surface area contributed by atoms with Crippen molar-refractivity contribution in [1.82, 2.24) is 9.97 Å². The van der Waals surface area contributed by atoms with Crippen molar-refractivity contribution in [3.63, 3.8) is 0 Å². The van der Waals surface area contributed by atoms with E-state index in [0.29, 0.717) is 24.6 Å². The molecule has 18 heavy (non-hydrogen) atoms. The van der Waals surface area contributed by atoms with Gasteiger partial charge in [0.15, 0.2) is 0 Å². The summed E-state index contributed by atoms with van der Waals surface area (Å²) in [6.07, 6.45) is 2.20. The number of benzene rings is 1. The van der Waals surface area contributed by atoms with E-state index in [9.17, 15) is 8.78 Å². The quantitative estimate of drug-likeness (QED) is 0.877. The first-order chi connectivity index (χ1) is 8.60. The number of hydrogen-bond acceptors (Lipinski definition) is 2. The summed E-state index contributed by atoms with van der Waals surface area (Å²) < 4.78 is 26.6. The lowest BCUT2D eigenvalue weighted by atomic mass is 10.1. The fraction of sp³-hybridized carbons (Fsp3) is 0.308. The van der Waals surface area contributed by atoms with Crippen molar-refractivity contribution in [3.8, 4) is 11.3 Å². The van der Waals surface area contributed by atoms with Crippen LogP contribution >= 0.6 is 0 Å². The molecule has 5 heteroatoms. The molecule has 3 N–H and O–H groups in total. The zero-order chi connectivity index (χ0) is 13.1. The third kappa shape index (κ3) is 2.73. The van der Waals surface area contributed by atoms with Gasteiger partial charge in [0, 0.05) is 12.0 Å². The second kappa shape index (κ2) is 5.27. The van der Waals surface area contributed by atoms with Crippen molar-refractivity contribution in [2.75, 3.05) is 6.54 Å². The maximum atomic E-state index is 13.6. The van der Waals surface area contributed by atoms with Crippen LogP contribution in [0.5, 0.6) is 0 Å². The Labute approximate surface area is 104 Å². The molecule has 0 aliphatic carbocycles. The second-order valence-corrected chi connectivity index (χ2v) is 4.41. The number of aromatic nitrogens is 2. The molecule has 1 heterocycles. The molecule has 0 bridgehead atoms. The first-order valence-electron chi connectivity index (χ1n) is 5.79. The number of nitrogens with zero attached hydrogens (tertiary/aromatic N) is 1. The maximum absolute atomic E-state index is 13.6. The molecule has 0 saturated carbocycles. The van der Waals surface area contributed by atoms with Crippen LogP contribution in [0.25, 0.3) is 11.3 Å². The Kier molecular flexibility index (Phi) is 3.72. The second-order valence-electron chi connectivity index (χ2n) is 4.41. The molecular weight excluding hydrogens is 236 g/mol. The number of H-pyrrole nitrogens is 1. The lowest BCUT2D eigenvalue weighted by Gasteiger charge is -2.04. The number of imidazole rings is 1. The van der Waals surface area contributed by atoms with Crippen LogP contribution in [0.3, 0.4) is 0 Å². The van der Waals surface area contributed by atoms with Gasteiger partial charge >= 0.3 is 0 Å². The van der Waals surface area contributed by atoms with Gasteiger partial charge in [0.05, 0.1) is 11.9 Å². The molecule has 0 amide bonds. The molecule has 0 saturated heterocycles. The first kappa shape index (κ1) is 12.7. The topological polar surface area (TPSA) is 54.7 Å². The molecule has 1 aromatic carbocycles. The SMILES string of the molecule is CC(CN)Cc1ncc(-c2cc(F)ccc2F)[nH]1. The third-order valence-corrected chi connectivity index (χ3v) is 2.79. The van der Waals surface area contributed by atoms with E-state index in [4.69, 9.17) is 5.73 Å². The van der Waals surface area contributed by atoms with Crippen molar-refractivity contribution < 1.29 is 8.78 Å². The molecule has 0 aliphatic rings. The van der Waals surface area contributed by atoms with Gasteiger partial charge in [-0.25, -0.2) is 13.8 Å². The van der Waals surface area contributed by atoms with E-state index < -0.39 is 11.6 Å². The average molecular weight is 251 g/mol. The molecule has 0 fully saturated rings. The summed E-state index contributed by atoms with van der Waals surface area (Å²) in [4.78, 5) is 7.14. The normalized spacial score (nSPS) is 12.7. The van der Waals surface area contributed by atoms with Crippen LogP contribution in [0.2, 0.25) is 0 Å². The van der Waals surface area contributed by atoms with Gasteiger partial charge in [-0.2, -0.15) is 0 Å². The van der Waals surface area contributed by atoms with Gasteiger partial charge in [-0.15, -0.1) is 0 Å². The van der Waals surface area contributed by atoms with Crippen molar-refractivity contribution in [2.45, 2.75) is 13.3 Å². The fourth-order valence-electron chi connectivity index (χ4n) is 1.72. The molecule has 2 rings (SSSR count). The highest BCUT2D eigenvalue weighted by atomic mass is 19.1. The fourth-order valence-corrected chi connectivity index (χ4v) is 1.72. The third-order valence-electron chi connectivity index (χ3n) is 2.79. The number of nitrogens with one attached hydrogen (secondary N) is 1. The van der Waals surface area contributed by atoms with E-state index in [-0.39, 0.29) is 5.56 Å². The number of rotatable bonds is 4. The van der Waals surface area contributed by atoms with Crippen LogP contribution in [0.15, 0.2) is 24.4 Å².